The Morgan fingerprint density at radius 2 is 2.07 bits per heavy atom. The van der Waals surface area contributed by atoms with E-state index in [4.69, 9.17) is 16.3 Å². The van der Waals surface area contributed by atoms with Crippen LogP contribution in [0.4, 0.5) is 10.5 Å². The van der Waals surface area contributed by atoms with Crippen LogP contribution in [-0.4, -0.2) is 53.5 Å². The predicted molar refractivity (Wildman–Crippen MR) is 110 cm³/mol. The van der Waals surface area contributed by atoms with Gasteiger partial charge in [-0.15, -0.1) is 0 Å². The molecule has 2 unspecified atom stereocenters. The van der Waals surface area contributed by atoms with E-state index < -0.39 is 5.60 Å². The Morgan fingerprint density at radius 3 is 2.74 bits per heavy atom. The zero-order valence-corrected chi connectivity index (χ0v) is 18.3. The van der Waals surface area contributed by atoms with E-state index in [-0.39, 0.29) is 24.8 Å². The third-order valence-corrected chi connectivity index (χ3v) is 6.59. The molecule has 3 aliphatic rings. The maximum atomic E-state index is 12.6. The summed E-state index contributed by atoms with van der Waals surface area (Å²) in [6.07, 6.45) is 1.59. The topological polar surface area (TPSA) is 53.0 Å². The lowest BCUT2D eigenvalue weighted by Crippen LogP contribution is -2.44. The van der Waals surface area contributed by atoms with Crippen molar-refractivity contribution in [3.05, 3.63) is 27.2 Å². The van der Waals surface area contributed by atoms with Crippen LogP contribution in [-0.2, 0) is 4.74 Å². The van der Waals surface area contributed by atoms with Crippen LogP contribution in [0.15, 0.2) is 16.6 Å². The monoisotopic (exact) mass is 456 g/mol. The Morgan fingerprint density at radius 1 is 1.33 bits per heavy atom. The second kappa shape index (κ2) is 6.82. The van der Waals surface area contributed by atoms with Crippen LogP contribution in [0.25, 0.3) is 0 Å². The van der Waals surface area contributed by atoms with Crippen LogP contribution in [0.3, 0.4) is 0 Å². The van der Waals surface area contributed by atoms with Crippen LogP contribution in [0, 0.1) is 5.92 Å². The quantitative estimate of drug-likeness (QED) is 0.715. The number of ether oxygens (including phenoxy) is 1. The van der Waals surface area contributed by atoms with Gasteiger partial charge in [0, 0.05) is 28.6 Å². The van der Waals surface area contributed by atoms with Crippen molar-refractivity contribution in [1.29, 1.82) is 0 Å². The number of amides is 1. The van der Waals surface area contributed by atoms with Crippen molar-refractivity contribution in [2.24, 2.45) is 5.92 Å². The summed E-state index contributed by atoms with van der Waals surface area (Å²) in [5.41, 5.74) is 1.96. The molecule has 1 aliphatic carbocycles. The van der Waals surface area contributed by atoms with E-state index in [2.05, 4.69) is 26.9 Å². The van der Waals surface area contributed by atoms with Crippen molar-refractivity contribution in [1.82, 2.24) is 4.90 Å². The van der Waals surface area contributed by atoms with Gasteiger partial charge in [-0.3, -0.25) is 0 Å². The average molecular weight is 458 g/mol. The van der Waals surface area contributed by atoms with E-state index in [0.717, 1.165) is 22.5 Å². The smallest absolute Gasteiger partial charge is 0.410 e. The van der Waals surface area contributed by atoms with Crippen molar-refractivity contribution in [2.75, 3.05) is 24.6 Å². The fraction of sp³-hybridized carbons (Fsp3) is 0.650. The molecule has 7 heteroatoms. The van der Waals surface area contributed by atoms with E-state index in [0.29, 0.717) is 18.4 Å². The molecule has 148 valence electrons. The highest BCUT2D eigenvalue weighted by molar-refractivity contribution is 9.10. The molecule has 1 N–H and O–H groups in total. The Hall–Kier alpha value is -0.980. The number of hydrogen-bond donors (Lipinski definition) is 1. The zero-order valence-electron chi connectivity index (χ0n) is 15.9. The van der Waals surface area contributed by atoms with Gasteiger partial charge in [-0.1, -0.05) is 11.6 Å². The highest BCUT2D eigenvalue weighted by atomic mass is 79.9. The van der Waals surface area contributed by atoms with E-state index in [1.165, 1.54) is 17.7 Å². The minimum absolute atomic E-state index is 0.0513. The molecule has 2 aliphatic heterocycles. The Bertz CT molecular complexity index is 766. The second-order valence-electron chi connectivity index (χ2n) is 8.94. The molecule has 1 amide bonds. The molecule has 27 heavy (non-hydrogen) atoms. The molecular formula is C20H26BrClN2O3. The Balaban J connectivity index is 1.60. The lowest BCUT2D eigenvalue weighted by Gasteiger charge is -2.37. The van der Waals surface area contributed by atoms with Crippen molar-refractivity contribution in [3.8, 4) is 0 Å². The first-order chi connectivity index (χ1) is 12.7. The maximum Gasteiger partial charge on any atom is 0.410 e. The molecule has 0 bridgehead atoms. The minimum atomic E-state index is -0.548. The van der Waals surface area contributed by atoms with Crippen LogP contribution < -0.4 is 4.90 Å². The fourth-order valence-electron chi connectivity index (χ4n) is 4.51. The third kappa shape index (κ3) is 3.68. The first kappa shape index (κ1) is 19.3. The second-order valence-corrected chi connectivity index (χ2v) is 10.2. The van der Waals surface area contributed by atoms with Gasteiger partial charge in [0.25, 0.3) is 0 Å². The summed E-state index contributed by atoms with van der Waals surface area (Å²) in [5.74, 6) is 1.26. The normalized spacial score (nSPS) is 29.4. The van der Waals surface area contributed by atoms with Crippen LogP contribution in [0.1, 0.15) is 45.1 Å². The van der Waals surface area contributed by atoms with Crippen LogP contribution >= 0.6 is 27.5 Å². The number of aliphatic hydroxyl groups excluding tert-OH is 1. The molecule has 2 heterocycles. The molecule has 5 nitrogen and oxygen atoms in total. The van der Waals surface area contributed by atoms with Gasteiger partial charge in [0.15, 0.2) is 0 Å². The van der Waals surface area contributed by atoms with Crippen molar-refractivity contribution in [2.45, 2.75) is 57.2 Å². The summed E-state index contributed by atoms with van der Waals surface area (Å²) in [6, 6.07) is 3.98. The van der Waals surface area contributed by atoms with Crippen LogP contribution in [0.2, 0.25) is 5.02 Å². The number of benzene rings is 1. The van der Waals surface area contributed by atoms with Gasteiger partial charge in [0.2, 0.25) is 0 Å². The number of aliphatic hydroxyl groups is 1. The van der Waals surface area contributed by atoms with Crippen molar-refractivity contribution < 1.29 is 14.6 Å². The first-order valence-corrected chi connectivity index (χ1v) is 10.7. The number of nitrogens with zero attached hydrogens (tertiary/aromatic N) is 2. The number of fused-ring (bicyclic) bond motifs is 3. The SMILES string of the molecule is CC(C)(C)OC(=O)N1C[C@@H](N2CC3CC3c3cc(Cl)cc(Br)c32)C[C@@H]1CO. The van der Waals surface area contributed by atoms with E-state index in [9.17, 15) is 9.90 Å². The Labute approximate surface area is 173 Å². The number of anilines is 1. The summed E-state index contributed by atoms with van der Waals surface area (Å²) < 4.78 is 6.56. The van der Waals surface area contributed by atoms with E-state index in [1.807, 2.05) is 26.8 Å². The number of hydrogen-bond acceptors (Lipinski definition) is 4. The zero-order chi connectivity index (χ0) is 19.5. The van der Waals surface area contributed by atoms with E-state index >= 15 is 0 Å². The molecule has 4 rings (SSSR count). The standard InChI is InChI=1S/C20H26BrClN2O3/c1-20(2,3)27-19(26)24-9-13(7-14(24)10-25)23-8-11-4-15(11)16-5-12(22)6-17(21)18(16)23/h5-6,11,13-15,25H,4,7-10H2,1-3H3/t11?,13-,14+,15?/m0/s1. The molecule has 1 saturated heterocycles. The lowest BCUT2D eigenvalue weighted by molar-refractivity contribution is 0.0174. The number of carbonyl (C=O) groups excluding carboxylic acids is 1. The fourth-order valence-corrected chi connectivity index (χ4v) is 5.57. The summed E-state index contributed by atoms with van der Waals surface area (Å²) in [7, 11) is 0. The van der Waals surface area contributed by atoms with Gasteiger partial charge in [0.05, 0.1) is 18.3 Å². The summed E-state index contributed by atoms with van der Waals surface area (Å²) in [5, 5.41) is 10.6. The largest absolute Gasteiger partial charge is 0.444 e. The van der Waals surface area contributed by atoms with E-state index in [1.54, 1.807) is 4.90 Å². The summed E-state index contributed by atoms with van der Waals surface area (Å²) in [4.78, 5) is 16.7. The van der Waals surface area contributed by atoms with Crippen molar-refractivity contribution >= 4 is 39.3 Å². The predicted octanol–water partition coefficient (Wildman–Crippen LogP) is 4.40. The van der Waals surface area contributed by atoms with Gasteiger partial charge in [-0.25, -0.2) is 4.79 Å². The molecule has 0 radical (unpaired) electrons. The molecule has 0 aromatic heterocycles. The molecule has 2 fully saturated rings. The third-order valence-electron chi connectivity index (χ3n) is 5.77. The number of carbonyl (C=O) groups is 1. The summed E-state index contributed by atoms with van der Waals surface area (Å²) >= 11 is 10.00. The maximum absolute atomic E-state index is 12.6. The number of halogens is 2. The van der Waals surface area contributed by atoms with Gasteiger partial charge in [-0.05, 0) is 79.1 Å². The molecule has 4 atom stereocenters. The molecule has 1 saturated carbocycles. The molecular weight excluding hydrogens is 432 g/mol. The number of likely N-dealkylation sites (tertiary alicyclic amines) is 1. The van der Waals surface area contributed by atoms with Crippen molar-refractivity contribution in [3.63, 3.8) is 0 Å². The highest BCUT2D eigenvalue weighted by Gasteiger charge is 2.49. The molecule has 1 aromatic carbocycles. The van der Waals surface area contributed by atoms with Crippen LogP contribution in [0.5, 0.6) is 0 Å². The van der Waals surface area contributed by atoms with Gasteiger partial charge < -0.3 is 19.6 Å². The minimum Gasteiger partial charge on any atom is -0.444 e. The number of rotatable bonds is 2. The first-order valence-electron chi connectivity index (χ1n) is 9.54. The summed E-state index contributed by atoms with van der Waals surface area (Å²) in [6.45, 7) is 7.09. The van der Waals surface area contributed by atoms with Gasteiger partial charge >= 0.3 is 6.09 Å². The Kier molecular flexibility index (Phi) is 4.88. The van der Waals surface area contributed by atoms with Gasteiger partial charge in [0.1, 0.15) is 5.60 Å². The highest BCUT2D eigenvalue weighted by Crippen LogP contribution is 2.57. The molecule has 1 aromatic rings. The van der Waals surface area contributed by atoms with Gasteiger partial charge in [-0.2, -0.15) is 0 Å². The average Bonchev–Trinajstić information content (AvgIpc) is 3.21. The lowest BCUT2D eigenvalue weighted by atomic mass is 9.99. The molecule has 0 spiro atoms.